The van der Waals surface area contributed by atoms with E-state index in [1.54, 1.807) is 19.1 Å². The Morgan fingerprint density at radius 2 is 1.88 bits per heavy atom. The molecule has 1 aromatic rings. The fraction of sp³-hybridized carbons (Fsp3) is 0.500. The maximum absolute atomic E-state index is 12.7. The first-order chi connectivity index (χ1) is 11.5. The van der Waals surface area contributed by atoms with Gasteiger partial charge < -0.3 is 10.6 Å². The molecule has 0 aromatic heterocycles. The van der Waals surface area contributed by atoms with E-state index in [9.17, 15) is 14.4 Å². The fourth-order valence-corrected chi connectivity index (χ4v) is 3.47. The third-order valence-electron chi connectivity index (χ3n) is 4.90. The highest BCUT2D eigenvalue weighted by molar-refractivity contribution is 6.09. The minimum Gasteiger partial charge on any atom is -0.352 e. The van der Waals surface area contributed by atoms with Gasteiger partial charge in [0, 0.05) is 6.04 Å². The molecular formula is C18H23N3O3. The van der Waals surface area contributed by atoms with E-state index in [1.807, 2.05) is 18.2 Å². The highest BCUT2D eigenvalue weighted by atomic mass is 16.2. The fourth-order valence-electron chi connectivity index (χ4n) is 3.47. The van der Waals surface area contributed by atoms with Crippen molar-refractivity contribution in [1.29, 1.82) is 0 Å². The second kappa shape index (κ2) is 6.63. The quantitative estimate of drug-likeness (QED) is 0.828. The number of amides is 4. The van der Waals surface area contributed by atoms with Gasteiger partial charge in [0.25, 0.3) is 5.91 Å². The Morgan fingerprint density at radius 3 is 2.54 bits per heavy atom. The van der Waals surface area contributed by atoms with Crippen LogP contribution in [0.15, 0.2) is 30.3 Å². The van der Waals surface area contributed by atoms with Crippen LogP contribution < -0.4 is 10.6 Å². The summed E-state index contributed by atoms with van der Waals surface area (Å²) in [6.07, 6.45) is 5.36. The lowest BCUT2D eigenvalue weighted by atomic mass is 9.92. The predicted octanol–water partition coefficient (Wildman–Crippen LogP) is 1.90. The molecule has 2 aliphatic rings. The second-order valence-corrected chi connectivity index (χ2v) is 6.71. The minimum atomic E-state index is -1.12. The van der Waals surface area contributed by atoms with E-state index in [2.05, 4.69) is 10.6 Å². The van der Waals surface area contributed by atoms with Crippen LogP contribution in [0.2, 0.25) is 0 Å². The molecule has 24 heavy (non-hydrogen) atoms. The van der Waals surface area contributed by atoms with Crippen molar-refractivity contribution in [2.75, 3.05) is 6.54 Å². The third kappa shape index (κ3) is 3.13. The van der Waals surface area contributed by atoms with Crippen molar-refractivity contribution in [2.24, 2.45) is 0 Å². The van der Waals surface area contributed by atoms with Crippen LogP contribution in [-0.2, 0) is 15.1 Å². The van der Waals surface area contributed by atoms with Gasteiger partial charge in [-0.2, -0.15) is 0 Å². The average molecular weight is 329 g/mol. The molecule has 1 aliphatic carbocycles. The molecule has 128 valence electrons. The summed E-state index contributed by atoms with van der Waals surface area (Å²) in [6, 6.07) is 8.71. The van der Waals surface area contributed by atoms with Gasteiger partial charge in [-0.25, -0.2) is 4.79 Å². The maximum atomic E-state index is 12.7. The Bertz CT molecular complexity index is 640. The number of urea groups is 1. The van der Waals surface area contributed by atoms with E-state index < -0.39 is 17.5 Å². The lowest BCUT2D eigenvalue weighted by molar-refractivity contribution is -0.135. The van der Waals surface area contributed by atoms with E-state index in [4.69, 9.17) is 0 Å². The summed E-state index contributed by atoms with van der Waals surface area (Å²) in [5.41, 5.74) is -0.415. The van der Waals surface area contributed by atoms with Gasteiger partial charge in [0.1, 0.15) is 12.1 Å². The topological polar surface area (TPSA) is 78.5 Å². The lowest BCUT2D eigenvalue weighted by Crippen LogP contribution is -2.45. The number of benzene rings is 1. The van der Waals surface area contributed by atoms with Gasteiger partial charge in [0.2, 0.25) is 5.91 Å². The number of hydrogen-bond acceptors (Lipinski definition) is 3. The summed E-state index contributed by atoms with van der Waals surface area (Å²) in [5, 5.41) is 5.65. The lowest BCUT2D eigenvalue weighted by Gasteiger charge is -2.24. The molecule has 0 radical (unpaired) electrons. The van der Waals surface area contributed by atoms with E-state index in [0.717, 1.165) is 30.6 Å². The van der Waals surface area contributed by atoms with Gasteiger partial charge in [-0.3, -0.25) is 14.5 Å². The third-order valence-corrected chi connectivity index (χ3v) is 4.90. The van der Waals surface area contributed by atoms with Crippen molar-refractivity contribution in [3.8, 4) is 0 Å². The zero-order valence-corrected chi connectivity index (χ0v) is 13.9. The normalized spacial score (nSPS) is 24.8. The van der Waals surface area contributed by atoms with Crippen LogP contribution in [-0.4, -0.2) is 35.3 Å². The summed E-state index contributed by atoms with van der Waals surface area (Å²) in [4.78, 5) is 38.2. The summed E-state index contributed by atoms with van der Waals surface area (Å²) in [7, 11) is 0. The van der Waals surface area contributed by atoms with Crippen LogP contribution in [0.5, 0.6) is 0 Å². The number of imide groups is 1. The largest absolute Gasteiger partial charge is 0.352 e. The van der Waals surface area contributed by atoms with E-state index in [-0.39, 0.29) is 18.5 Å². The molecule has 0 unspecified atom stereocenters. The van der Waals surface area contributed by atoms with Crippen LogP contribution in [0.3, 0.4) is 0 Å². The first-order valence-electron chi connectivity index (χ1n) is 8.50. The number of nitrogens with one attached hydrogen (secondary N) is 2. The van der Waals surface area contributed by atoms with Crippen LogP contribution in [0.4, 0.5) is 4.79 Å². The van der Waals surface area contributed by atoms with Gasteiger partial charge in [0.15, 0.2) is 0 Å². The zero-order chi connectivity index (χ0) is 17.2. The molecule has 0 bridgehead atoms. The number of carbonyl (C=O) groups is 3. The first kappa shape index (κ1) is 16.5. The van der Waals surface area contributed by atoms with Gasteiger partial charge >= 0.3 is 6.03 Å². The van der Waals surface area contributed by atoms with Gasteiger partial charge in [-0.05, 0) is 25.3 Å². The number of hydrogen-bond donors (Lipinski definition) is 2. The first-order valence-corrected chi connectivity index (χ1v) is 8.50. The van der Waals surface area contributed by atoms with Gasteiger partial charge in [0.05, 0.1) is 0 Å². The molecule has 6 nitrogen and oxygen atoms in total. The van der Waals surface area contributed by atoms with E-state index in [1.165, 1.54) is 6.42 Å². The molecule has 1 heterocycles. The zero-order valence-electron chi connectivity index (χ0n) is 13.9. The molecule has 1 saturated carbocycles. The molecule has 0 spiro atoms. The van der Waals surface area contributed by atoms with Crippen molar-refractivity contribution in [3.05, 3.63) is 35.9 Å². The highest BCUT2D eigenvalue weighted by Crippen LogP contribution is 2.28. The predicted molar refractivity (Wildman–Crippen MR) is 89.1 cm³/mol. The molecule has 1 saturated heterocycles. The molecular weight excluding hydrogens is 306 g/mol. The van der Waals surface area contributed by atoms with Crippen LogP contribution in [0.1, 0.15) is 44.6 Å². The standard InChI is InChI=1S/C18H23N3O3/c1-18(13-8-4-2-5-9-13)16(23)21(17(24)20-18)12-15(22)19-14-10-6-3-7-11-14/h2,4-5,8-9,14H,3,6-7,10-12H2,1H3,(H,19,22)(H,20,24)/t18-/m1/s1. The summed E-state index contributed by atoms with van der Waals surface area (Å²) in [5.74, 6) is -0.666. The molecule has 1 aliphatic heterocycles. The molecule has 1 aromatic carbocycles. The minimum absolute atomic E-state index is 0.160. The van der Waals surface area contributed by atoms with Crippen molar-refractivity contribution >= 4 is 17.8 Å². The molecule has 1 atom stereocenters. The summed E-state index contributed by atoms with van der Waals surface area (Å²) in [6.45, 7) is 1.44. The molecule has 2 fully saturated rings. The Morgan fingerprint density at radius 1 is 1.21 bits per heavy atom. The Kier molecular flexibility index (Phi) is 4.55. The van der Waals surface area contributed by atoms with Crippen LogP contribution >= 0.6 is 0 Å². The van der Waals surface area contributed by atoms with Crippen molar-refractivity contribution in [3.63, 3.8) is 0 Å². The van der Waals surface area contributed by atoms with E-state index in [0.29, 0.717) is 5.56 Å². The van der Waals surface area contributed by atoms with E-state index >= 15 is 0 Å². The number of carbonyl (C=O) groups excluding carboxylic acids is 3. The Balaban J connectivity index is 1.67. The number of nitrogens with zero attached hydrogens (tertiary/aromatic N) is 1. The molecule has 2 N–H and O–H groups in total. The van der Waals surface area contributed by atoms with Crippen LogP contribution in [0.25, 0.3) is 0 Å². The maximum Gasteiger partial charge on any atom is 0.325 e. The van der Waals surface area contributed by atoms with Crippen LogP contribution in [0, 0.1) is 0 Å². The monoisotopic (exact) mass is 329 g/mol. The summed E-state index contributed by atoms with van der Waals surface area (Å²) >= 11 is 0. The summed E-state index contributed by atoms with van der Waals surface area (Å²) < 4.78 is 0. The Hall–Kier alpha value is -2.37. The van der Waals surface area contributed by atoms with Crippen molar-refractivity contribution < 1.29 is 14.4 Å². The molecule has 3 rings (SSSR count). The van der Waals surface area contributed by atoms with Crippen molar-refractivity contribution in [2.45, 2.75) is 50.6 Å². The SMILES string of the molecule is C[C@]1(c2ccccc2)NC(=O)N(CC(=O)NC2CCCCC2)C1=O. The van der Waals surface area contributed by atoms with Crippen molar-refractivity contribution in [1.82, 2.24) is 15.5 Å². The molecule has 4 amide bonds. The second-order valence-electron chi connectivity index (χ2n) is 6.71. The van der Waals surface area contributed by atoms with Gasteiger partial charge in [-0.1, -0.05) is 49.6 Å². The number of rotatable bonds is 4. The Labute approximate surface area is 141 Å². The average Bonchev–Trinajstić information content (AvgIpc) is 2.81. The highest BCUT2D eigenvalue weighted by Gasteiger charge is 2.49. The van der Waals surface area contributed by atoms with Gasteiger partial charge in [-0.15, -0.1) is 0 Å². The smallest absolute Gasteiger partial charge is 0.325 e. The molecule has 6 heteroatoms.